The van der Waals surface area contributed by atoms with Gasteiger partial charge in [-0.1, -0.05) is 0 Å². The molecule has 2 rings (SSSR count). The summed E-state index contributed by atoms with van der Waals surface area (Å²) in [7, 11) is 0. The van der Waals surface area contributed by atoms with Gasteiger partial charge in [0, 0.05) is 32.7 Å². The van der Waals surface area contributed by atoms with Crippen LogP contribution in [0.15, 0.2) is 6.20 Å². The Labute approximate surface area is 122 Å². The zero-order valence-electron chi connectivity index (χ0n) is 12.0. The molecule has 21 heavy (non-hydrogen) atoms. The van der Waals surface area contributed by atoms with Gasteiger partial charge in [0.2, 0.25) is 11.8 Å². The van der Waals surface area contributed by atoms with Gasteiger partial charge in [-0.05, 0) is 6.92 Å². The standard InChI is InChI=1S/C12H20N6O3/c1-2-13-12-15-9-10(18(19)20)11(16-12)14-3-4-17-5-7-21-8-6-17/h9H,2-8H2,1H3,(H2,13,14,15,16). The molecule has 2 heterocycles. The molecule has 0 bridgehead atoms. The SMILES string of the molecule is CCNc1ncc([N+](=O)[O-])c(NCCN2CCOCC2)n1. The van der Waals surface area contributed by atoms with Crippen LogP contribution >= 0.6 is 0 Å². The van der Waals surface area contributed by atoms with Crippen LogP contribution in [0, 0.1) is 10.1 Å². The van der Waals surface area contributed by atoms with Crippen molar-refractivity contribution in [1.29, 1.82) is 0 Å². The number of nitro groups is 1. The minimum absolute atomic E-state index is 0.112. The maximum atomic E-state index is 11.0. The van der Waals surface area contributed by atoms with Crippen LogP contribution in [-0.4, -0.2) is 65.7 Å². The average Bonchev–Trinajstić information content (AvgIpc) is 2.49. The van der Waals surface area contributed by atoms with Crippen molar-refractivity contribution in [3.05, 3.63) is 16.3 Å². The first-order valence-electron chi connectivity index (χ1n) is 7.00. The molecule has 9 heteroatoms. The van der Waals surface area contributed by atoms with Crippen LogP contribution in [0.1, 0.15) is 6.92 Å². The van der Waals surface area contributed by atoms with E-state index in [0.717, 1.165) is 32.8 Å². The molecule has 116 valence electrons. The summed E-state index contributed by atoms with van der Waals surface area (Å²) < 4.78 is 5.28. The predicted molar refractivity (Wildman–Crippen MR) is 78.6 cm³/mol. The summed E-state index contributed by atoms with van der Waals surface area (Å²) in [4.78, 5) is 20.8. The first-order chi connectivity index (χ1) is 10.2. The second-order valence-electron chi connectivity index (χ2n) is 4.60. The number of hydrogen-bond donors (Lipinski definition) is 2. The highest BCUT2D eigenvalue weighted by molar-refractivity contribution is 5.56. The molecule has 0 aromatic carbocycles. The van der Waals surface area contributed by atoms with Gasteiger partial charge < -0.3 is 15.4 Å². The van der Waals surface area contributed by atoms with Gasteiger partial charge in [0.25, 0.3) is 0 Å². The van der Waals surface area contributed by atoms with E-state index in [1.54, 1.807) is 0 Å². The van der Waals surface area contributed by atoms with Gasteiger partial charge in [0.15, 0.2) is 0 Å². The van der Waals surface area contributed by atoms with Crippen LogP contribution in [0.4, 0.5) is 17.5 Å². The Morgan fingerprint density at radius 1 is 1.43 bits per heavy atom. The summed E-state index contributed by atoms with van der Waals surface area (Å²) in [6.07, 6.45) is 1.22. The van der Waals surface area contributed by atoms with Crippen molar-refractivity contribution < 1.29 is 9.66 Å². The molecule has 9 nitrogen and oxygen atoms in total. The monoisotopic (exact) mass is 296 g/mol. The molecule has 0 saturated carbocycles. The molecule has 2 N–H and O–H groups in total. The molecule has 0 radical (unpaired) electrons. The first kappa shape index (κ1) is 15.4. The third kappa shape index (κ3) is 4.50. The van der Waals surface area contributed by atoms with Gasteiger partial charge in [-0.2, -0.15) is 4.98 Å². The van der Waals surface area contributed by atoms with Crippen LogP contribution in [0.2, 0.25) is 0 Å². The van der Waals surface area contributed by atoms with Crippen LogP contribution in [0.3, 0.4) is 0 Å². The minimum atomic E-state index is -0.479. The summed E-state index contributed by atoms with van der Waals surface area (Å²) in [6.45, 7) is 7.19. The summed E-state index contributed by atoms with van der Waals surface area (Å²) >= 11 is 0. The topological polar surface area (TPSA) is 105 Å². The van der Waals surface area contributed by atoms with E-state index in [4.69, 9.17) is 4.74 Å². The second-order valence-corrected chi connectivity index (χ2v) is 4.60. The Morgan fingerprint density at radius 3 is 2.86 bits per heavy atom. The van der Waals surface area contributed by atoms with Crippen molar-refractivity contribution in [2.24, 2.45) is 0 Å². The van der Waals surface area contributed by atoms with E-state index in [-0.39, 0.29) is 11.5 Å². The Bertz CT molecular complexity index is 478. The van der Waals surface area contributed by atoms with Gasteiger partial charge in [-0.15, -0.1) is 0 Å². The van der Waals surface area contributed by atoms with E-state index in [0.29, 0.717) is 19.0 Å². The normalized spacial score (nSPS) is 15.7. The van der Waals surface area contributed by atoms with Crippen molar-refractivity contribution in [3.8, 4) is 0 Å². The van der Waals surface area contributed by atoms with Gasteiger partial charge in [0.1, 0.15) is 6.20 Å². The lowest BCUT2D eigenvalue weighted by atomic mass is 10.4. The summed E-state index contributed by atoms with van der Waals surface area (Å²) in [5.41, 5.74) is -0.112. The molecule has 1 saturated heterocycles. The fourth-order valence-electron chi connectivity index (χ4n) is 2.04. The fourth-order valence-corrected chi connectivity index (χ4v) is 2.04. The fraction of sp³-hybridized carbons (Fsp3) is 0.667. The number of morpholine rings is 1. The van der Waals surface area contributed by atoms with Crippen LogP contribution in [0.25, 0.3) is 0 Å². The zero-order valence-corrected chi connectivity index (χ0v) is 12.0. The molecule has 1 aliphatic rings. The van der Waals surface area contributed by atoms with E-state index in [9.17, 15) is 10.1 Å². The van der Waals surface area contributed by atoms with E-state index >= 15 is 0 Å². The minimum Gasteiger partial charge on any atom is -0.379 e. The number of nitrogens with zero attached hydrogens (tertiary/aromatic N) is 4. The number of nitrogens with one attached hydrogen (secondary N) is 2. The molecule has 1 aliphatic heterocycles. The van der Waals surface area contributed by atoms with Crippen molar-refractivity contribution in [1.82, 2.24) is 14.9 Å². The highest BCUT2D eigenvalue weighted by Gasteiger charge is 2.17. The maximum absolute atomic E-state index is 11.0. The lowest BCUT2D eigenvalue weighted by molar-refractivity contribution is -0.384. The zero-order chi connectivity index (χ0) is 15.1. The Balaban J connectivity index is 1.95. The number of anilines is 2. The van der Waals surface area contributed by atoms with Gasteiger partial charge >= 0.3 is 5.69 Å². The van der Waals surface area contributed by atoms with E-state index in [1.165, 1.54) is 6.20 Å². The molecule has 0 atom stereocenters. The first-order valence-corrected chi connectivity index (χ1v) is 7.00. The van der Waals surface area contributed by atoms with Gasteiger partial charge in [0.05, 0.1) is 18.1 Å². The summed E-state index contributed by atoms with van der Waals surface area (Å²) in [6, 6.07) is 0. The van der Waals surface area contributed by atoms with Crippen molar-refractivity contribution in [2.45, 2.75) is 6.92 Å². The van der Waals surface area contributed by atoms with Gasteiger partial charge in [-0.3, -0.25) is 15.0 Å². The van der Waals surface area contributed by atoms with Crippen molar-refractivity contribution >= 4 is 17.5 Å². The Morgan fingerprint density at radius 2 is 2.19 bits per heavy atom. The lowest BCUT2D eigenvalue weighted by Crippen LogP contribution is -2.39. The highest BCUT2D eigenvalue weighted by atomic mass is 16.6. The maximum Gasteiger partial charge on any atom is 0.329 e. The Hall–Kier alpha value is -2.00. The molecule has 0 spiro atoms. The smallest absolute Gasteiger partial charge is 0.329 e. The highest BCUT2D eigenvalue weighted by Crippen LogP contribution is 2.21. The molecule has 1 aromatic rings. The number of ether oxygens (including phenoxy) is 1. The van der Waals surface area contributed by atoms with Crippen LogP contribution < -0.4 is 10.6 Å². The van der Waals surface area contributed by atoms with E-state index in [1.807, 2.05) is 6.92 Å². The molecule has 1 aromatic heterocycles. The third-order valence-electron chi connectivity index (χ3n) is 3.13. The van der Waals surface area contributed by atoms with Crippen LogP contribution in [0.5, 0.6) is 0 Å². The largest absolute Gasteiger partial charge is 0.379 e. The average molecular weight is 296 g/mol. The number of aromatic nitrogens is 2. The molecule has 0 unspecified atom stereocenters. The van der Waals surface area contributed by atoms with Gasteiger partial charge in [-0.25, -0.2) is 4.98 Å². The number of hydrogen-bond acceptors (Lipinski definition) is 8. The summed E-state index contributed by atoms with van der Waals surface area (Å²) in [5.74, 6) is 0.635. The third-order valence-corrected chi connectivity index (χ3v) is 3.13. The summed E-state index contributed by atoms with van der Waals surface area (Å²) in [5, 5.41) is 17.0. The predicted octanol–water partition coefficient (Wildman–Crippen LogP) is 0.561. The Kier molecular flexibility index (Phi) is 5.64. The quantitative estimate of drug-likeness (QED) is 0.555. The molecule has 1 fully saturated rings. The van der Waals surface area contributed by atoms with E-state index < -0.39 is 4.92 Å². The van der Waals surface area contributed by atoms with Crippen molar-refractivity contribution in [2.75, 3.05) is 56.6 Å². The van der Waals surface area contributed by atoms with E-state index in [2.05, 4.69) is 25.5 Å². The molecular weight excluding hydrogens is 276 g/mol. The number of rotatable bonds is 7. The molecule has 0 amide bonds. The molecule has 0 aliphatic carbocycles. The lowest BCUT2D eigenvalue weighted by Gasteiger charge is -2.26. The molecular formula is C12H20N6O3. The van der Waals surface area contributed by atoms with Crippen molar-refractivity contribution in [3.63, 3.8) is 0 Å². The second kappa shape index (κ2) is 7.70. The van der Waals surface area contributed by atoms with Crippen LogP contribution in [-0.2, 0) is 4.74 Å².